The molecule has 1 saturated heterocycles. The number of carbonyl (C=O) groups excluding carboxylic acids is 3. The van der Waals surface area contributed by atoms with E-state index in [0.717, 1.165) is 5.56 Å². The first kappa shape index (κ1) is 19.9. The van der Waals surface area contributed by atoms with Crippen LogP contribution in [0.5, 0.6) is 0 Å². The maximum atomic E-state index is 12.8. The predicted octanol–water partition coefficient (Wildman–Crippen LogP) is 1.46. The quantitative estimate of drug-likeness (QED) is 0.389. The van der Waals surface area contributed by atoms with E-state index in [1.165, 1.54) is 4.90 Å². The summed E-state index contributed by atoms with van der Waals surface area (Å²) in [6.07, 6.45) is 1.60. The highest BCUT2D eigenvalue weighted by Gasteiger charge is 2.39. The van der Waals surface area contributed by atoms with Gasteiger partial charge in [0.05, 0.1) is 0 Å². The van der Waals surface area contributed by atoms with Crippen LogP contribution in [0.1, 0.15) is 38.7 Å². The third-order valence-electron chi connectivity index (χ3n) is 4.58. The zero-order valence-electron chi connectivity index (χ0n) is 15.3. The fourth-order valence-electron chi connectivity index (χ4n) is 3.28. The van der Waals surface area contributed by atoms with Crippen molar-refractivity contribution in [2.45, 2.75) is 45.7 Å². The lowest BCUT2D eigenvalue weighted by molar-refractivity contribution is -0.149. The van der Waals surface area contributed by atoms with Gasteiger partial charge in [0.2, 0.25) is 11.8 Å². The summed E-state index contributed by atoms with van der Waals surface area (Å²) in [4.78, 5) is 38.8. The highest BCUT2D eigenvalue weighted by atomic mass is 16.5. The van der Waals surface area contributed by atoms with E-state index in [4.69, 9.17) is 5.21 Å². The van der Waals surface area contributed by atoms with E-state index in [0.29, 0.717) is 32.4 Å². The molecule has 7 nitrogen and oxygen atoms in total. The van der Waals surface area contributed by atoms with Crippen LogP contribution in [0.3, 0.4) is 0 Å². The summed E-state index contributed by atoms with van der Waals surface area (Å²) in [5.74, 6) is -2.22. The normalized spacial score (nSPS) is 17.8. The van der Waals surface area contributed by atoms with Gasteiger partial charge in [-0.05, 0) is 30.7 Å². The van der Waals surface area contributed by atoms with Gasteiger partial charge in [-0.3, -0.25) is 19.6 Å². The molecule has 0 spiro atoms. The molecule has 0 aliphatic carbocycles. The van der Waals surface area contributed by atoms with Gasteiger partial charge in [-0.15, -0.1) is 0 Å². The topological polar surface area (TPSA) is 98.7 Å². The zero-order valence-corrected chi connectivity index (χ0v) is 15.3. The smallest absolute Gasteiger partial charge is 0.255 e. The number of hydroxylamine groups is 1. The van der Waals surface area contributed by atoms with Gasteiger partial charge in [0.1, 0.15) is 12.0 Å². The zero-order chi connectivity index (χ0) is 19.1. The summed E-state index contributed by atoms with van der Waals surface area (Å²) in [5, 5.41) is 11.8. The van der Waals surface area contributed by atoms with E-state index in [2.05, 4.69) is 5.32 Å². The van der Waals surface area contributed by atoms with Gasteiger partial charge < -0.3 is 10.2 Å². The van der Waals surface area contributed by atoms with Gasteiger partial charge in [-0.25, -0.2) is 5.48 Å². The average molecular weight is 361 g/mol. The molecule has 142 valence electrons. The summed E-state index contributed by atoms with van der Waals surface area (Å²) in [6.45, 7) is 4.64. The van der Waals surface area contributed by atoms with E-state index >= 15 is 0 Å². The number of amides is 3. The molecule has 3 amide bonds. The minimum Gasteiger partial charge on any atom is -0.350 e. The Hall–Kier alpha value is -2.41. The molecule has 0 bridgehead atoms. The minimum absolute atomic E-state index is 0.106. The van der Waals surface area contributed by atoms with Crippen molar-refractivity contribution in [1.29, 1.82) is 0 Å². The highest BCUT2D eigenvalue weighted by molar-refractivity contribution is 6.01. The van der Waals surface area contributed by atoms with Crippen molar-refractivity contribution in [1.82, 2.24) is 15.7 Å². The van der Waals surface area contributed by atoms with Crippen LogP contribution < -0.4 is 10.8 Å². The molecule has 26 heavy (non-hydrogen) atoms. The largest absolute Gasteiger partial charge is 0.350 e. The van der Waals surface area contributed by atoms with Gasteiger partial charge in [-0.2, -0.15) is 0 Å². The van der Waals surface area contributed by atoms with Crippen molar-refractivity contribution >= 4 is 17.7 Å². The lowest BCUT2D eigenvalue weighted by atomic mass is 9.94. The maximum Gasteiger partial charge on any atom is 0.255 e. The first-order chi connectivity index (χ1) is 12.4. The van der Waals surface area contributed by atoms with E-state index in [1.807, 2.05) is 44.2 Å². The molecule has 7 heteroatoms. The molecule has 1 heterocycles. The molecule has 1 aromatic carbocycles. The molecular weight excluding hydrogens is 334 g/mol. The molecule has 0 saturated carbocycles. The van der Waals surface area contributed by atoms with Gasteiger partial charge in [-0.1, -0.05) is 44.2 Å². The molecule has 1 aliphatic heterocycles. The molecule has 0 unspecified atom stereocenters. The first-order valence-electron chi connectivity index (χ1n) is 9.00. The van der Waals surface area contributed by atoms with Gasteiger partial charge in [0.25, 0.3) is 5.91 Å². The summed E-state index contributed by atoms with van der Waals surface area (Å²) in [5.41, 5.74) is 2.56. The van der Waals surface area contributed by atoms with Crippen LogP contribution in [0, 0.1) is 11.8 Å². The van der Waals surface area contributed by atoms with Crippen LogP contribution in [-0.2, 0) is 20.9 Å². The summed E-state index contributed by atoms with van der Waals surface area (Å²) in [6, 6.07) is 8.97. The molecule has 0 radical (unpaired) electrons. The number of likely N-dealkylation sites (tertiary alicyclic amines) is 1. The number of benzene rings is 1. The number of carbonyl (C=O) groups is 3. The summed E-state index contributed by atoms with van der Waals surface area (Å²) in [7, 11) is 0. The lowest BCUT2D eigenvalue weighted by Crippen LogP contribution is -2.50. The standard InChI is InChI=1S/C19H27N3O4/c1-13(2)11-15(17(23)21-26)19(25)22-10-6-9-16(22)18(24)20-12-14-7-4-3-5-8-14/h3-5,7-8,13,15-16,26H,6,9-12H2,1-2H3,(H,20,24)(H,21,23)/t15-,16-/m0/s1. The molecular formula is C19H27N3O4. The van der Waals surface area contributed by atoms with Crippen molar-refractivity contribution in [3.8, 4) is 0 Å². The maximum absolute atomic E-state index is 12.8. The Balaban J connectivity index is 2.03. The molecule has 0 aromatic heterocycles. The summed E-state index contributed by atoms with van der Waals surface area (Å²) >= 11 is 0. The summed E-state index contributed by atoms with van der Waals surface area (Å²) < 4.78 is 0. The lowest BCUT2D eigenvalue weighted by Gasteiger charge is -2.28. The highest BCUT2D eigenvalue weighted by Crippen LogP contribution is 2.23. The first-order valence-corrected chi connectivity index (χ1v) is 9.00. The monoisotopic (exact) mass is 361 g/mol. The molecule has 1 aromatic rings. The van der Waals surface area contributed by atoms with Crippen molar-refractivity contribution in [3.05, 3.63) is 35.9 Å². The van der Waals surface area contributed by atoms with Crippen molar-refractivity contribution in [2.75, 3.05) is 6.54 Å². The fraction of sp³-hybridized carbons (Fsp3) is 0.526. The average Bonchev–Trinajstić information content (AvgIpc) is 3.13. The Morgan fingerprint density at radius 1 is 1.23 bits per heavy atom. The molecule has 1 fully saturated rings. The van der Waals surface area contributed by atoms with Crippen LogP contribution in [0.25, 0.3) is 0 Å². The SMILES string of the molecule is CC(C)C[C@@H](C(=O)NO)C(=O)N1CCC[C@H]1C(=O)NCc1ccccc1. The fourth-order valence-corrected chi connectivity index (χ4v) is 3.28. The second kappa shape index (κ2) is 9.33. The Morgan fingerprint density at radius 2 is 1.92 bits per heavy atom. The van der Waals surface area contributed by atoms with Gasteiger partial charge in [0.15, 0.2) is 0 Å². The number of hydrogen-bond donors (Lipinski definition) is 3. The number of hydrogen-bond acceptors (Lipinski definition) is 4. The van der Waals surface area contributed by atoms with E-state index in [-0.39, 0.29) is 11.8 Å². The van der Waals surface area contributed by atoms with Crippen molar-refractivity contribution < 1.29 is 19.6 Å². The van der Waals surface area contributed by atoms with Crippen LogP contribution in [0.15, 0.2) is 30.3 Å². The van der Waals surface area contributed by atoms with E-state index in [1.54, 1.807) is 5.48 Å². The molecule has 1 aliphatic rings. The van der Waals surface area contributed by atoms with Crippen molar-refractivity contribution in [3.63, 3.8) is 0 Å². The Bertz CT molecular complexity index is 633. The second-order valence-electron chi connectivity index (χ2n) is 7.05. The number of nitrogens with one attached hydrogen (secondary N) is 2. The van der Waals surface area contributed by atoms with Crippen LogP contribution in [0.2, 0.25) is 0 Å². The Labute approximate surface area is 153 Å². The third kappa shape index (κ3) is 5.05. The van der Waals surface area contributed by atoms with Crippen LogP contribution in [0.4, 0.5) is 0 Å². The van der Waals surface area contributed by atoms with Gasteiger partial charge in [0, 0.05) is 13.1 Å². The van der Waals surface area contributed by atoms with E-state index < -0.39 is 23.8 Å². The third-order valence-corrected chi connectivity index (χ3v) is 4.58. The Morgan fingerprint density at radius 3 is 2.54 bits per heavy atom. The van der Waals surface area contributed by atoms with Gasteiger partial charge >= 0.3 is 0 Å². The predicted molar refractivity (Wildman–Crippen MR) is 95.9 cm³/mol. The number of rotatable bonds is 7. The number of nitrogens with zero attached hydrogens (tertiary/aromatic N) is 1. The minimum atomic E-state index is -0.984. The van der Waals surface area contributed by atoms with E-state index in [9.17, 15) is 14.4 Å². The molecule has 3 N–H and O–H groups in total. The van der Waals surface area contributed by atoms with Crippen molar-refractivity contribution in [2.24, 2.45) is 11.8 Å². The Kier molecular flexibility index (Phi) is 7.15. The second-order valence-corrected chi connectivity index (χ2v) is 7.05. The molecule has 2 atom stereocenters. The molecule has 2 rings (SSSR count). The van der Waals surface area contributed by atoms with Crippen LogP contribution >= 0.6 is 0 Å². The van der Waals surface area contributed by atoms with Crippen LogP contribution in [-0.4, -0.2) is 40.4 Å².